The Morgan fingerprint density at radius 2 is 2.47 bits per heavy atom. The monoisotopic (exact) mass is 221 g/mol. The van der Waals surface area contributed by atoms with Crippen LogP contribution in [-0.2, 0) is 13.0 Å². The van der Waals surface area contributed by atoms with Crippen molar-refractivity contribution in [1.82, 2.24) is 19.9 Å². The Bertz CT molecular complexity index is 506. The Kier molecular flexibility index (Phi) is 2.08. The summed E-state index contributed by atoms with van der Waals surface area (Å²) in [6.07, 6.45) is 4.68. The highest BCUT2D eigenvalue weighted by Gasteiger charge is 2.17. The Balaban J connectivity index is 2.33. The molecule has 0 amide bonds. The molecule has 0 fully saturated rings. The maximum Gasteiger partial charge on any atom is 0.157 e. The number of anilines is 1. The molecule has 15 heavy (non-hydrogen) atoms. The van der Waals surface area contributed by atoms with Gasteiger partial charge in [-0.3, -0.25) is 0 Å². The Morgan fingerprint density at radius 1 is 1.53 bits per heavy atom. The summed E-state index contributed by atoms with van der Waals surface area (Å²) in [6.45, 7) is 1.95. The number of nitrogens with one attached hydrogen (secondary N) is 2. The third-order valence-electron chi connectivity index (χ3n) is 2.77. The van der Waals surface area contributed by atoms with Crippen molar-refractivity contribution in [1.29, 1.82) is 0 Å². The third kappa shape index (κ3) is 1.31. The van der Waals surface area contributed by atoms with Crippen LogP contribution in [0.15, 0.2) is 12.5 Å². The van der Waals surface area contributed by atoms with E-state index in [1.165, 1.54) is 11.1 Å². The van der Waals surface area contributed by atoms with Crippen molar-refractivity contribution in [3.63, 3.8) is 0 Å². The normalized spacial score (nSPS) is 15.3. The lowest BCUT2D eigenvalue weighted by atomic mass is 10.1. The van der Waals surface area contributed by atoms with E-state index in [1.54, 1.807) is 6.33 Å². The van der Waals surface area contributed by atoms with E-state index < -0.39 is 0 Å². The Hall–Kier alpha value is -1.19. The Labute approximate surface area is 89.5 Å². The van der Waals surface area contributed by atoms with Crippen molar-refractivity contribution in [3.05, 3.63) is 23.7 Å². The zero-order valence-corrected chi connectivity index (χ0v) is 9.35. The molecule has 1 unspecified atom stereocenters. The molecule has 0 radical (unpaired) electrons. The molecule has 3 rings (SSSR count). The number of fused-ring (bicyclic) bond motifs is 3. The minimum absolute atomic E-state index is 0.873. The van der Waals surface area contributed by atoms with Gasteiger partial charge in [-0.05, 0) is 33.5 Å². The van der Waals surface area contributed by atoms with Crippen molar-refractivity contribution < 1.29 is 0 Å². The molecule has 5 nitrogen and oxygen atoms in total. The third-order valence-corrected chi connectivity index (χ3v) is 3.05. The summed E-state index contributed by atoms with van der Waals surface area (Å²) in [5.41, 5.74) is 3.78. The van der Waals surface area contributed by atoms with Crippen molar-refractivity contribution in [2.75, 3.05) is 11.6 Å². The second kappa shape index (κ2) is 3.43. The van der Waals surface area contributed by atoms with E-state index in [9.17, 15) is 0 Å². The van der Waals surface area contributed by atoms with Gasteiger partial charge in [0.15, 0.2) is 5.82 Å². The first-order chi connectivity index (χ1) is 7.40. The average Bonchev–Trinajstić information content (AvgIpc) is 2.67. The fourth-order valence-corrected chi connectivity index (χ4v) is 2.31. The first-order valence-corrected chi connectivity index (χ1v) is 5.49. The van der Waals surface area contributed by atoms with Gasteiger partial charge >= 0.3 is 0 Å². The SMILES string of the molecule is PNc1ncnn2cc3c(c12)CCNC3. The van der Waals surface area contributed by atoms with Gasteiger partial charge in [0, 0.05) is 12.7 Å². The molecule has 2 N–H and O–H groups in total. The van der Waals surface area contributed by atoms with E-state index >= 15 is 0 Å². The van der Waals surface area contributed by atoms with Gasteiger partial charge in [0.25, 0.3) is 0 Å². The van der Waals surface area contributed by atoms with Crippen LogP contribution in [0.3, 0.4) is 0 Å². The summed E-state index contributed by atoms with van der Waals surface area (Å²) < 4.78 is 1.90. The van der Waals surface area contributed by atoms with Crippen molar-refractivity contribution >= 4 is 20.7 Å². The van der Waals surface area contributed by atoms with E-state index in [0.717, 1.165) is 30.8 Å². The average molecular weight is 221 g/mol. The van der Waals surface area contributed by atoms with Gasteiger partial charge in [-0.25, -0.2) is 9.50 Å². The number of hydrogen-bond donors (Lipinski definition) is 2. The van der Waals surface area contributed by atoms with Crippen LogP contribution in [0.2, 0.25) is 0 Å². The predicted octanol–water partition coefficient (Wildman–Crippen LogP) is 0.577. The first-order valence-electron chi connectivity index (χ1n) is 4.91. The smallest absolute Gasteiger partial charge is 0.157 e. The molecule has 3 heterocycles. The molecule has 1 aliphatic rings. The molecule has 1 aliphatic heterocycles. The molecule has 2 aromatic rings. The van der Waals surface area contributed by atoms with Crippen LogP contribution in [0.4, 0.5) is 5.82 Å². The van der Waals surface area contributed by atoms with Gasteiger partial charge in [-0.15, -0.1) is 0 Å². The van der Waals surface area contributed by atoms with Gasteiger partial charge in [-0.1, -0.05) is 0 Å². The molecule has 2 aromatic heterocycles. The minimum Gasteiger partial charge on any atom is -0.353 e. The van der Waals surface area contributed by atoms with E-state index in [4.69, 9.17) is 0 Å². The molecule has 6 heteroatoms. The first kappa shape index (κ1) is 9.07. The second-order valence-corrected chi connectivity index (χ2v) is 3.89. The number of aromatic nitrogens is 3. The lowest BCUT2D eigenvalue weighted by Crippen LogP contribution is -2.22. The van der Waals surface area contributed by atoms with Gasteiger partial charge in [0.05, 0.1) is 0 Å². The van der Waals surface area contributed by atoms with Crippen molar-refractivity contribution in [2.24, 2.45) is 0 Å². The summed E-state index contributed by atoms with van der Waals surface area (Å²) >= 11 is 0. The van der Waals surface area contributed by atoms with Gasteiger partial charge in [-0.2, -0.15) is 5.10 Å². The molecule has 0 aromatic carbocycles. The highest BCUT2D eigenvalue weighted by molar-refractivity contribution is 7.18. The van der Waals surface area contributed by atoms with Crippen molar-refractivity contribution in [2.45, 2.75) is 13.0 Å². The van der Waals surface area contributed by atoms with Crippen molar-refractivity contribution in [3.8, 4) is 0 Å². The van der Waals surface area contributed by atoms with Crippen LogP contribution in [-0.4, -0.2) is 21.1 Å². The lowest BCUT2D eigenvalue weighted by Gasteiger charge is -2.12. The van der Waals surface area contributed by atoms with E-state index in [2.05, 4.69) is 36.1 Å². The number of rotatable bonds is 1. The number of nitrogens with zero attached hydrogens (tertiary/aromatic N) is 3. The molecule has 0 bridgehead atoms. The maximum absolute atomic E-state index is 4.22. The topological polar surface area (TPSA) is 54.2 Å². The summed E-state index contributed by atoms with van der Waals surface area (Å²) in [4.78, 5) is 4.22. The largest absolute Gasteiger partial charge is 0.353 e. The zero-order valence-electron chi connectivity index (χ0n) is 8.20. The minimum atomic E-state index is 0.873. The molecule has 0 saturated carbocycles. The van der Waals surface area contributed by atoms with Crippen LogP contribution < -0.4 is 10.4 Å². The molecule has 0 spiro atoms. The molecular formula is C9H12N5P. The molecule has 0 saturated heterocycles. The van der Waals surface area contributed by atoms with E-state index in [1.807, 2.05) is 4.52 Å². The number of hydrogen-bond acceptors (Lipinski definition) is 4. The predicted molar refractivity (Wildman–Crippen MR) is 61.7 cm³/mol. The van der Waals surface area contributed by atoms with Gasteiger partial charge in [0.1, 0.15) is 11.8 Å². The molecule has 78 valence electrons. The van der Waals surface area contributed by atoms with Crippen LogP contribution >= 0.6 is 9.39 Å². The quantitative estimate of drug-likeness (QED) is 0.691. The van der Waals surface area contributed by atoms with Crippen LogP contribution in [0, 0.1) is 0 Å². The van der Waals surface area contributed by atoms with Gasteiger partial charge < -0.3 is 10.4 Å². The molecular weight excluding hydrogens is 209 g/mol. The highest BCUT2D eigenvalue weighted by atomic mass is 31.0. The van der Waals surface area contributed by atoms with E-state index in [-0.39, 0.29) is 0 Å². The summed E-state index contributed by atoms with van der Waals surface area (Å²) in [5, 5.41) is 10.6. The fraction of sp³-hybridized carbons (Fsp3) is 0.333. The Morgan fingerprint density at radius 3 is 3.33 bits per heavy atom. The second-order valence-electron chi connectivity index (χ2n) is 3.61. The standard InChI is InChI=1S/C9H12N5P/c15-13-9-8-7-1-2-10-3-6(7)4-14(8)12-5-11-9/h4-5,10H,1-3,15H2,(H,11,12,13). The maximum atomic E-state index is 4.22. The van der Waals surface area contributed by atoms with E-state index in [0.29, 0.717) is 0 Å². The van der Waals surface area contributed by atoms with Gasteiger partial charge in [0.2, 0.25) is 0 Å². The highest BCUT2D eigenvalue weighted by Crippen LogP contribution is 2.26. The lowest BCUT2D eigenvalue weighted by molar-refractivity contribution is 0.649. The molecule has 1 atom stereocenters. The van der Waals surface area contributed by atoms with Crippen LogP contribution in [0.5, 0.6) is 0 Å². The summed E-state index contributed by atoms with van der Waals surface area (Å²) in [5.74, 6) is 0.873. The zero-order chi connectivity index (χ0) is 10.3. The summed E-state index contributed by atoms with van der Waals surface area (Å²) in [6, 6.07) is 0. The fourth-order valence-electron chi connectivity index (χ4n) is 2.10. The summed E-state index contributed by atoms with van der Waals surface area (Å²) in [7, 11) is 2.48. The van der Waals surface area contributed by atoms with Crippen LogP contribution in [0.25, 0.3) is 5.52 Å². The van der Waals surface area contributed by atoms with Crippen LogP contribution in [0.1, 0.15) is 11.1 Å². The molecule has 0 aliphatic carbocycles.